The third-order valence-corrected chi connectivity index (χ3v) is 3.01. The van der Waals surface area contributed by atoms with E-state index in [-0.39, 0.29) is 10.6 Å². The van der Waals surface area contributed by atoms with Crippen molar-refractivity contribution in [2.75, 3.05) is 51.0 Å². The van der Waals surface area contributed by atoms with E-state index in [0.717, 1.165) is 13.1 Å². The molecule has 1 heterocycles. The van der Waals surface area contributed by atoms with Crippen molar-refractivity contribution in [1.29, 1.82) is 0 Å². The Balaban J connectivity index is 3.16. The number of hydrogen-bond acceptors (Lipinski definition) is 6. The molecule has 1 rings (SSSR count). The third kappa shape index (κ3) is 5.18. The van der Waals surface area contributed by atoms with Crippen LogP contribution in [-0.2, 0) is 0 Å². The maximum absolute atomic E-state index is 11.3. The maximum Gasteiger partial charge on any atom is 0.311 e. The lowest BCUT2D eigenvalue weighted by atomic mass is 10.2. The first kappa shape index (κ1) is 17.2. The third-order valence-electron chi connectivity index (χ3n) is 3.01. The smallest absolute Gasteiger partial charge is 0.311 e. The van der Waals surface area contributed by atoms with Gasteiger partial charge in [0.2, 0.25) is 5.82 Å². The second-order valence-corrected chi connectivity index (χ2v) is 5.69. The standard InChI is InChI=1S/C14H25N5O2/c1-11(2)10-18(9-8-17(4)5)14-12(19(20)21)6-7-13(15-3)16-14/h6-7,11H,8-10H2,1-5H3,(H,15,16). The summed E-state index contributed by atoms with van der Waals surface area (Å²) in [5.74, 6) is 1.46. The molecule has 21 heavy (non-hydrogen) atoms. The molecule has 118 valence electrons. The SMILES string of the molecule is CNc1ccc([N+](=O)[O-])c(N(CCN(C)C)CC(C)C)n1. The highest BCUT2D eigenvalue weighted by atomic mass is 16.6. The van der Waals surface area contributed by atoms with Crippen molar-refractivity contribution in [2.24, 2.45) is 5.92 Å². The molecular weight excluding hydrogens is 270 g/mol. The molecule has 0 saturated heterocycles. The van der Waals surface area contributed by atoms with Crippen LogP contribution in [0.25, 0.3) is 0 Å². The Morgan fingerprint density at radius 2 is 2.00 bits per heavy atom. The van der Waals surface area contributed by atoms with Crippen LogP contribution in [0.4, 0.5) is 17.3 Å². The molecule has 0 radical (unpaired) electrons. The highest BCUT2D eigenvalue weighted by Crippen LogP contribution is 2.28. The molecule has 0 fully saturated rings. The number of aromatic nitrogens is 1. The average molecular weight is 295 g/mol. The Kier molecular flexibility index (Phi) is 6.36. The maximum atomic E-state index is 11.3. The van der Waals surface area contributed by atoms with Crippen LogP contribution in [0.3, 0.4) is 0 Å². The molecule has 7 heteroatoms. The van der Waals surface area contributed by atoms with E-state index in [2.05, 4.69) is 29.0 Å². The Morgan fingerprint density at radius 1 is 1.33 bits per heavy atom. The van der Waals surface area contributed by atoms with Crippen LogP contribution >= 0.6 is 0 Å². The minimum atomic E-state index is -0.370. The number of nitrogens with one attached hydrogen (secondary N) is 1. The van der Waals surface area contributed by atoms with E-state index in [1.165, 1.54) is 6.07 Å². The number of nitro groups is 1. The van der Waals surface area contributed by atoms with Crippen molar-refractivity contribution < 1.29 is 4.92 Å². The summed E-state index contributed by atoms with van der Waals surface area (Å²) in [5, 5.41) is 14.2. The average Bonchev–Trinajstić information content (AvgIpc) is 2.42. The monoisotopic (exact) mass is 295 g/mol. The molecule has 0 aliphatic rings. The van der Waals surface area contributed by atoms with Crippen LogP contribution in [0, 0.1) is 16.0 Å². The molecule has 7 nitrogen and oxygen atoms in total. The topological polar surface area (TPSA) is 74.5 Å². The molecule has 0 amide bonds. The second kappa shape index (κ2) is 7.78. The summed E-state index contributed by atoms with van der Waals surface area (Å²) in [7, 11) is 5.73. The van der Waals surface area contributed by atoms with Crippen molar-refractivity contribution in [3.8, 4) is 0 Å². The molecule has 0 bridgehead atoms. The minimum absolute atomic E-state index is 0.0495. The molecule has 0 aliphatic carbocycles. The number of nitrogens with zero attached hydrogens (tertiary/aromatic N) is 4. The van der Waals surface area contributed by atoms with E-state index >= 15 is 0 Å². The highest BCUT2D eigenvalue weighted by molar-refractivity contribution is 5.61. The van der Waals surface area contributed by atoms with Gasteiger partial charge in [0.15, 0.2) is 0 Å². The van der Waals surface area contributed by atoms with Gasteiger partial charge in [-0.05, 0) is 26.1 Å². The quantitative estimate of drug-likeness (QED) is 0.584. The second-order valence-electron chi connectivity index (χ2n) is 5.69. The van der Waals surface area contributed by atoms with Crippen molar-refractivity contribution >= 4 is 17.3 Å². The summed E-state index contributed by atoms with van der Waals surface area (Å²) in [6.07, 6.45) is 0. The number of pyridine rings is 1. The lowest BCUT2D eigenvalue weighted by Crippen LogP contribution is -2.35. The lowest BCUT2D eigenvalue weighted by Gasteiger charge is -2.27. The predicted octanol–water partition coefficient (Wildman–Crippen LogP) is 2.06. The van der Waals surface area contributed by atoms with Gasteiger partial charge in [-0.25, -0.2) is 4.98 Å². The summed E-state index contributed by atoms with van der Waals surface area (Å²) in [4.78, 5) is 19.3. The molecule has 0 saturated carbocycles. The Morgan fingerprint density at radius 3 is 2.48 bits per heavy atom. The van der Waals surface area contributed by atoms with Gasteiger partial charge in [-0.2, -0.15) is 0 Å². The molecule has 0 aliphatic heterocycles. The van der Waals surface area contributed by atoms with Gasteiger partial charge in [0.1, 0.15) is 5.82 Å². The van der Waals surface area contributed by atoms with E-state index in [9.17, 15) is 10.1 Å². The molecule has 0 unspecified atom stereocenters. The zero-order chi connectivity index (χ0) is 16.0. The van der Waals surface area contributed by atoms with E-state index in [1.54, 1.807) is 13.1 Å². The van der Waals surface area contributed by atoms with Crippen LogP contribution in [0.1, 0.15) is 13.8 Å². The summed E-state index contributed by atoms with van der Waals surface area (Å²) >= 11 is 0. The Bertz CT molecular complexity index is 476. The van der Waals surface area contributed by atoms with E-state index in [4.69, 9.17) is 0 Å². The molecule has 0 spiro atoms. The number of rotatable bonds is 8. The molecule has 1 aromatic rings. The molecule has 0 aromatic carbocycles. The van der Waals surface area contributed by atoms with Crippen molar-refractivity contribution in [3.63, 3.8) is 0 Å². The molecular formula is C14H25N5O2. The lowest BCUT2D eigenvalue weighted by molar-refractivity contribution is -0.384. The summed E-state index contributed by atoms with van der Waals surface area (Å²) in [6, 6.07) is 3.14. The predicted molar refractivity (Wildman–Crippen MR) is 86.0 cm³/mol. The van der Waals surface area contributed by atoms with Crippen LogP contribution < -0.4 is 10.2 Å². The van der Waals surface area contributed by atoms with Gasteiger partial charge in [-0.1, -0.05) is 13.8 Å². The molecule has 1 N–H and O–H groups in total. The van der Waals surface area contributed by atoms with Gasteiger partial charge in [-0.3, -0.25) is 10.1 Å². The molecule has 0 atom stereocenters. The summed E-state index contributed by atoms with van der Waals surface area (Å²) in [6.45, 7) is 6.43. The van der Waals surface area contributed by atoms with Crippen LogP contribution in [0.2, 0.25) is 0 Å². The number of hydrogen-bond donors (Lipinski definition) is 1. The fourth-order valence-electron chi connectivity index (χ4n) is 2.00. The van der Waals surface area contributed by atoms with Crippen LogP contribution in [0.5, 0.6) is 0 Å². The normalized spacial score (nSPS) is 11.0. The van der Waals surface area contributed by atoms with Crippen molar-refractivity contribution in [3.05, 3.63) is 22.2 Å². The number of likely N-dealkylation sites (N-methyl/N-ethyl adjacent to an activating group) is 1. The molecule has 1 aromatic heterocycles. The van der Waals surface area contributed by atoms with Gasteiger partial charge < -0.3 is 15.1 Å². The number of anilines is 2. The zero-order valence-corrected chi connectivity index (χ0v) is 13.5. The first-order valence-electron chi connectivity index (χ1n) is 7.08. The highest BCUT2D eigenvalue weighted by Gasteiger charge is 2.22. The fourth-order valence-corrected chi connectivity index (χ4v) is 2.00. The van der Waals surface area contributed by atoms with Gasteiger partial charge in [0.25, 0.3) is 0 Å². The summed E-state index contributed by atoms with van der Waals surface area (Å²) < 4.78 is 0. The van der Waals surface area contributed by atoms with Gasteiger partial charge >= 0.3 is 5.69 Å². The largest absolute Gasteiger partial charge is 0.373 e. The Labute approximate surface area is 126 Å². The first-order valence-corrected chi connectivity index (χ1v) is 7.08. The fraction of sp³-hybridized carbons (Fsp3) is 0.643. The van der Waals surface area contributed by atoms with Crippen LogP contribution in [0.15, 0.2) is 12.1 Å². The Hall–Kier alpha value is -1.89. The van der Waals surface area contributed by atoms with E-state index in [1.807, 2.05) is 19.0 Å². The van der Waals surface area contributed by atoms with E-state index in [0.29, 0.717) is 24.1 Å². The minimum Gasteiger partial charge on any atom is -0.373 e. The van der Waals surface area contributed by atoms with E-state index < -0.39 is 0 Å². The van der Waals surface area contributed by atoms with Crippen molar-refractivity contribution in [2.45, 2.75) is 13.8 Å². The van der Waals surface area contributed by atoms with Gasteiger partial charge in [0, 0.05) is 32.7 Å². The van der Waals surface area contributed by atoms with Gasteiger partial charge in [-0.15, -0.1) is 0 Å². The summed E-state index contributed by atoms with van der Waals surface area (Å²) in [5.41, 5.74) is 0.0495. The van der Waals surface area contributed by atoms with Crippen LogP contribution in [-0.4, -0.2) is 55.6 Å². The van der Waals surface area contributed by atoms with Gasteiger partial charge in [0.05, 0.1) is 4.92 Å². The first-order chi connectivity index (χ1) is 9.85. The van der Waals surface area contributed by atoms with Crippen molar-refractivity contribution in [1.82, 2.24) is 9.88 Å². The zero-order valence-electron chi connectivity index (χ0n) is 13.5.